The van der Waals surface area contributed by atoms with Gasteiger partial charge in [0.15, 0.2) is 5.78 Å². The minimum atomic E-state index is 0.201. The van der Waals surface area contributed by atoms with Gasteiger partial charge in [0.1, 0.15) is 0 Å². The number of hydrogen-bond donors (Lipinski definition) is 2. The summed E-state index contributed by atoms with van der Waals surface area (Å²) >= 11 is 0. The Kier molecular flexibility index (Phi) is 4.99. The number of imidazole rings is 1. The van der Waals surface area contributed by atoms with Crippen LogP contribution in [0.1, 0.15) is 30.0 Å². The lowest BCUT2D eigenvalue weighted by Gasteiger charge is -2.24. The van der Waals surface area contributed by atoms with Crippen molar-refractivity contribution in [2.24, 2.45) is 0 Å². The Morgan fingerprint density at radius 1 is 1.25 bits per heavy atom. The van der Waals surface area contributed by atoms with Crippen LogP contribution >= 0.6 is 0 Å². The molecule has 0 amide bonds. The zero-order valence-electron chi connectivity index (χ0n) is 14.2. The Morgan fingerprint density at radius 2 is 2.04 bits per heavy atom. The fourth-order valence-electron chi connectivity index (χ4n) is 3.08. The highest BCUT2D eigenvalue weighted by molar-refractivity contribution is 5.92. The third kappa shape index (κ3) is 4.04. The number of anilines is 1. The molecule has 0 saturated carbocycles. The van der Waals surface area contributed by atoms with Crippen LogP contribution in [0.25, 0.3) is 0 Å². The Hall–Kier alpha value is -2.56. The Balaban J connectivity index is 1.60. The van der Waals surface area contributed by atoms with Crippen LogP contribution in [-0.2, 0) is 11.2 Å². The molecular weight excluding hydrogens is 300 g/mol. The molecular formula is C19H24N4O. The molecule has 1 aliphatic rings. The van der Waals surface area contributed by atoms with E-state index in [4.69, 9.17) is 0 Å². The molecule has 3 rings (SSSR count). The minimum absolute atomic E-state index is 0.201. The third-order valence-electron chi connectivity index (χ3n) is 4.43. The number of allylic oxidation sites excluding steroid dienone is 2. The molecule has 0 saturated heterocycles. The summed E-state index contributed by atoms with van der Waals surface area (Å²) in [5.41, 5.74) is 4.54. The molecule has 1 aromatic carbocycles. The average molecular weight is 324 g/mol. The van der Waals surface area contributed by atoms with Gasteiger partial charge in [-0.25, -0.2) is 4.98 Å². The lowest BCUT2D eigenvalue weighted by molar-refractivity contribution is -0.115. The van der Waals surface area contributed by atoms with Gasteiger partial charge in [0.05, 0.1) is 6.33 Å². The number of rotatable bonds is 6. The summed E-state index contributed by atoms with van der Waals surface area (Å²) in [5, 5.41) is 3.40. The van der Waals surface area contributed by atoms with E-state index in [-0.39, 0.29) is 11.7 Å². The van der Waals surface area contributed by atoms with Crippen molar-refractivity contribution in [3.8, 4) is 0 Å². The van der Waals surface area contributed by atoms with E-state index >= 15 is 0 Å². The maximum atomic E-state index is 12.1. The molecule has 5 heteroatoms. The molecule has 0 aliphatic heterocycles. The average Bonchev–Trinajstić information content (AvgIpc) is 3.08. The van der Waals surface area contributed by atoms with Gasteiger partial charge >= 0.3 is 0 Å². The highest BCUT2D eigenvalue weighted by Gasteiger charge is 2.22. The van der Waals surface area contributed by atoms with E-state index in [1.807, 2.05) is 20.3 Å². The van der Waals surface area contributed by atoms with Crippen LogP contribution in [0.3, 0.4) is 0 Å². The van der Waals surface area contributed by atoms with E-state index in [2.05, 4.69) is 44.5 Å². The zero-order chi connectivity index (χ0) is 16.9. The van der Waals surface area contributed by atoms with Gasteiger partial charge in [-0.3, -0.25) is 4.79 Å². The topological polar surface area (TPSA) is 61.0 Å². The van der Waals surface area contributed by atoms with Crippen molar-refractivity contribution in [3.63, 3.8) is 0 Å². The largest absolute Gasteiger partial charge is 0.388 e. The van der Waals surface area contributed by atoms with E-state index in [1.165, 1.54) is 11.3 Å². The molecule has 24 heavy (non-hydrogen) atoms. The van der Waals surface area contributed by atoms with Crippen molar-refractivity contribution < 1.29 is 4.79 Å². The van der Waals surface area contributed by atoms with Crippen molar-refractivity contribution in [2.45, 2.75) is 25.2 Å². The number of nitrogens with zero attached hydrogens (tertiary/aromatic N) is 2. The number of aromatic nitrogens is 2. The normalized spacial score (nSPS) is 17.5. The molecule has 1 aromatic heterocycles. The van der Waals surface area contributed by atoms with Gasteiger partial charge in [-0.1, -0.05) is 12.1 Å². The van der Waals surface area contributed by atoms with E-state index in [0.717, 1.165) is 30.8 Å². The Morgan fingerprint density at radius 3 is 2.71 bits per heavy atom. The SMILES string of the molecule is CN(C)c1ccc(C2CC(=O)C=C(NCCc3cnc[nH]3)C2)cc1. The molecule has 2 N–H and O–H groups in total. The number of carbonyl (C=O) groups excluding carboxylic acids is 1. The predicted molar refractivity (Wildman–Crippen MR) is 96.1 cm³/mol. The highest BCUT2D eigenvalue weighted by Crippen LogP contribution is 2.31. The van der Waals surface area contributed by atoms with Gasteiger partial charge in [0, 0.05) is 62.8 Å². The van der Waals surface area contributed by atoms with Crippen molar-refractivity contribution >= 4 is 11.5 Å². The van der Waals surface area contributed by atoms with E-state index < -0.39 is 0 Å². The molecule has 0 radical (unpaired) electrons. The van der Waals surface area contributed by atoms with E-state index in [0.29, 0.717) is 6.42 Å². The molecule has 1 unspecified atom stereocenters. The van der Waals surface area contributed by atoms with Crippen molar-refractivity contribution in [1.82, 2.24) is 15.3 Å². The molecule has 0 fully saturated rings. The zero-order valence-corrected chi connectivity index (χ0v) is 14.2. The summed E-state index contributed by atoms with van der Waals surface area (Å²) in [6.07, 6.45) is 7.62. The van der Waals surface area contributed by atoms with Gasteiger partial charge in [-0.05, 0) is 30.0 Å². The summed E-state index contributed by atoms with van der Waals surface area (Å²) < 4.78 is 0. The van der Waals surface area contributed by atoms with E-state index in [1.54, 1.807) is 12.4 Å². The fourth-order valence-corrected chi connectivity index (χ4v) is 3.08. The molecule has 0 bridgehead atoms. The summed E-state index contributed by atoms with van der Waals surface area (Å²) in [5.74, 6) is 0.459. The monoisotopic (exact) mass is 324 g/mol. The fraction of sp³-hybridized carbons (Fsp3) is 0.368. The maximum Gasteiger partial charge on any atom is 0.158 e. The van der Waals surface area contributed by atoms with Crippen molar-refractivity contribution in [2.75, 3.05) is 25.5 Å². The second-order valence-corrected chi connectivity index (χ2v) is 6.48. The first-order valence-electron chi connectivity index (χ1n) is 8.33. The smallest absolute Gasteiger partial charge is 0.158 e. The molecule has 0 spiro atoms. The number of H-pyrrole nitrogens is 1. The number of carbonyl (C=O) groups is 1. The van der Waals surface area contributed by atoms with Gasteiger partial charge in [0.25, 0.3) is 0 Å². The van der Waals surface area contributed by atoms with Gasteiger partial charge in [-0.15, -0.1) is 0 Å². The molecule has 1 aliphatic carbocycles. The molecule has 126 valence electrons. The molecule has 1 heterocycles. The van der Waals surface area contributed by atoms with Crippen LogP contribution < -0.4 is 10.2 Å². The summed E-state index contributed by atoms with van der Waals surface area (Å²) in [7, 11) is 4.06. The molecule has 2 aromatic rings. The highest BCUT2D eigenvalue weighted by atomic mass is 16.1. The van der Waals surface area contributed by atoms with Crippen molar-refractivity contribution in [3.05, 3.63) is 59.8 Å². The van der Waals surface area contributed by atoms with Crippen LogP contribution in [0, 0.1) is 0 Å². The lowest BCUT2D eigenvalue weighted by atomic mass is 9.85. The minimum Gasteiger partial charge on any atom is -0.388 e. The number of benzene rings is 1. The first kappa shape index (κ1) is 16.3. The van der Waals surface area contributed by atoms with Gasteiger partial charge in [-0.2, -0.15) is 0 Å². The second kappa shape index (κ2) is 7.34. The predicted octanol–water partition coefficient (Wildman–Crippen LogP) is 2.64. The van der Waals surface area contributed by atoms with Crippen molar-refractivity contribution in [1.29, 1.82) is 0 Å². The Bertz CT molecular complexity index is 701. The number of ketones is 1. The first-order valence-corrected chi connectivity index (χ1v) is 8.33. The van der Waals surface area contributed by atoms with Crippen LogP contribution in [0.5, 0.6) is 0 Å². The van der Waals surface area contributed by atoms with Crippen LogP contribution in [-0.4, -0.2) is 36.4 Å². The summed E-state index contributed by atoms with van der Waals surface area (Å²) in [6, 6.07) is 8.51. The van der Waals surface area contributed by atoms with Crippen LogP contribution in [0.15, 0.2) is 48.6 Å². The number of nitrogens with one attached hydrogen (secondary N) is 2. The summed E-state index contributed by atoms with van der Waals surface area (Å²) in [6.45, 7) is 0.799. The van der Waals surface area contributed by atoms with Gasteiger partial charge < -0.3 is 15.2 Å². The number of aromatic amines is 1. The Labute approximate surface area is 142 Å². The third-order valence-corrected chi connectivity index (χ3v) is 4.43. The van der Waals surface area contributed by atoms with Gasteiger partial charge in [0.2, 0.25) is 0 Å². The number of hydrogen-bond acceptors (Lipinski definition) is 4. The van der Waals surface area contributed by atoms with E-state index in [9.17, 15) is 4.79 Å². The lowest BCUT2D eigenvalue weighted by Crippen LogP contribution is -2.24. The first-order chi connectivity index (χ1) is 11.6. The quantitative estimate of drug-likeness (QED) is 0.857. The molecule has 1 atom stereocenters. The summed E-state index contributed by atoms with van der Waals surface area (Å²) in [4.78, 5) is 21.3. The maximum absolute atomic E-state index is 12.1. The molecule has 5 nitrogen and oxygen atoms in total. The standard InChI is InChI=1S/C19H24N4O/c1-23(2)18-5-3-14(4-6-18)15-9-17(11-19(24)10-15)21-8-7-16-12-20-13-22-16/h3-6,11-13,15,21H,7-10H2,1-2H3,(H,20,22). The van der Waals surface area contributed by atoms with Crippen LogP contribution in [0.4, 0.5) is 5.69 Å². The second-order valence-electron chi connectivity index (χ2n) is 6.48. The van der Waals surface area contributed by atoms with Crippen LogP contribution in [0.2, 0.25) is 0 Å².